The maximum absolute atomic E-state index is 12.7. The molecule has 0 aliphatic heterocycles. The van der Waals surface area contributed by atoms with E-state index < -0.39 is 12.1 Å². The van der Waals surface area contributed by atoms with E-state index in [2.05, 4.69) is 4.99 Å². The first kappa shape index (κ1) is 9.64. The monoisotopic (exact) mass is 183 g/mol. The van der Waals surface area contributed by atoms with Gasteiger partial charge in [0.1, 0.15) is 12.7 Å². The van der Waals surface area contributed by atoms with Gasteiger partial charge in [0.15, 0.2) is 0 Å². The average molecular weight is 183 g/mol. The number of hydrogen-bond acceptors (Lipinski definition) is 2. The molecule has 0 heterocycles. The van der Waals surface area contributed by atoms with Crippen molar-refractivity contribution in [3.8, 4) is 0 Å². The van der Waals surface area contributed by atoms with E-state index in [1.54, 1.807) is 12.2 Å². The molecule has 0 saturated carbocycles. The van der Waals surface area contributed by atoms with Crippen LogP contribution in [-0.4, -0.2) is 30.0 Å². The molecule has 0 aromatic rings. The second kappa shape index (κ2) is 4.54. The van der Waals surface area contributed by atoms with Gasteiger partial charge >= 0.3 is 5.97 Å². The van der Waals surface area contributed by atoms with Gasteiger partial charge in [-0.2, -0.15) is 0 Å². The molecule has 3 nitrogen and oxygen atoms in total. The van der Waals surface area contributed by atoms with Crippen LogP contribution < -0.4 is 0 Å². The van der Waals surface area contributed by atoms with E-state index in [0.717, 1.165) is 5.57 Å². The lowest BCUT2D eigenvalue weighted by atomic mass is 10.1. The molecular weight excluding hydrogens is 173 g/mol. The van der Waals surface area contributed by atoms with Gasteiger partial charge in [0, 0.05) is 12.6 Å². The summed E-state index contributed by atoms with van der Waals surface area (Å²) in [6.45, 7) is -0.266. The minimum atomic E-state index is -0.986. The molecule has 13 heavy (non-hydrogen) atoms. The summed E-state index contributed by atoms with van der Waals surface area (Å²) in [5, 5.41) is 8.27. The standard InChI is InChI=1S/C9H10FNO2/c10-8-3-1-2-7(4-8)5-11-6-9(12)13/h1-3,5,8H,4,6H2,(H,12,13)/b11-5+. The molecule has 1 unspecified atom stereocenters. The molecule has 70 valence electrons. The van der Waals surface area contributed by atoms with Crippen molar-refractivity contribution >= 4 is 12.2 Å². The molecule has 1 N–H and O–H groups in total. The van der Waals surface area contributed by atoms with Gasteiger partial charge in [-0.15, -0.1) is 0 Å². The fourth-order valence-electron chi connectivity index (χ4n) is 0.998. The highest BCUT2D eigenvalue weighted by molar-refractivity contribution is 5.81. The predicted octanol–water partition coefficient (Wildman–Crippen LogP) is 1.37. The second-order valence-electron chi connectivity index (χ2n) is 2.71. The Morgan fingerprint density at radius 3 is 3.23 bits per heavy atom. The minimum Gasteiger partial charge on any atom is -0.480 e. The van der Waals surface area contributed by atoms with Crippen molar-refractivity contribution in [1.82, 2.24) is 0 Å². The lowest BCUT2D eigenvalue weighted by Crippen LogP contribution is -2.04. The Balaban J connectivity index is 2.45. The highest BCUT2D eigenvalue weighted by Gasteiger charge is 2.07. The topological polar surface area (TPSA) is 49.7 Å². The summed E-state index contributed by atoms with van der Waals surface area (Å²) in [6.07, 6.45) is 5.49. The van der Waals surface area contributed by atoms with Crippen molar-refractivity contribution in [2.45, 2.75) is 12.6 Å². The molecule has 4 heteroatoms. The van der Waals surface area contributed by atoms with E-state index in [1.165, 1.54) is 12.3 Å². The molecule has 0 spiro atoms. The van der Waals surface area contributed by atoms with Gasteiger partial charge in [0.2, 0.25) is 0 Å². The number of carboxylic acids is 1. The first-order valence-electron chi connectivity index (χ1n) is 3.91. The van der Waals surface area contributed by atoms with E-state index in [4.69, 9.17) is 5.11 Å². The largest absolute Gasteiger partial charge is 0.480 e. The van der Waals surface area contributed by atoms with Gasteiger partial charge in [0.25, 0.3) is 0 Å². The molecule has 1 atom stereocenters. The third-order valence-corrected chi connectivity index (χ3v) is 1.54. The van der Waals surface area contributed by atoms with Crippen LogP contribution in [-0.2, 0) is 4.79 Å². The van der Waals surface area contributed by atoms with Crippen molar-refractivity contribution in [2.24, 2.45) is 4.99 Å². The Labute approximate surface area is 75.3 Å². The zero-order valence-corrected chi connectivity index (χ0v) is 6.98. The lowest BCUT2D eigenvalue weighted by molar-refractivity contribution is -0.135. The first-order valence-corrected chi connectivity index (χ1v) is 3.91. The third-order valence-electron chi connectivity index (χ3n) is 1.54. The number of allylic oxidation sites excluding steroid dienone is 4. The Bertz CT molecular complexity index is 281. The van der Waals surface area contributed by atoms with Gasteiger partial charge in [0.05, 0.1) is 0 Å². The van der Waals surface area contributed by atoms with E-state index in [0.29, 0.717) is 0 Å². The normalized spacial score (nSPS) is 21.9. The number of carboxylic acid groups (broad SMARTS) is 1. The van der Waals surface area contributed by atoms with Gasteiger partial charge in [-0.05, 0) is 5.57 Å². The molecule has 1 aliphatic rings. The van der Waals surface area contributed by atoms with Crippen LogP contribution in [0, 0.1) is 0 Å². The van der Waals surface area contributed by atoms with Crippen molar-refractivity contribution in [1.29, 1.82) is 0 Å². The van der Waals surface area contributed by atoms with Gasteiger partial charge in [-0.1, -0.05) is 18.2 Å². The molecule has 0 radical (unpaired) electrons. The third kappa shape index (κ3) is 3.64. The van der Waals surface area contributed by atoms with Crippen LogP contribution in [0.3, 0.4) is 0 Å². The summed E-state index contributed by atoms with van der Waals surface area (Å²) in [5.41, 5.74) is 0.719. The zero-order valence-electron chi connectivity index (χ0n) is 6.98. The number of carbonyl (C=O) groups is 1. The molecule has 0 aromatic carbocycles. The summed E-state index contributed by atoms with van der Waals surface area (Å²) in [5.74, 6) is -0.986. The number of hydrogen-bond donors (Lipinski definition) is 1. The SMILES string of the molecule is O=C(O)C/N=C/C1=CC=CC(F)C1. The smallest absolute Gasteiger partial charge is 0.325 e. The Morgan fingerprint density at radius 2 is 2.62 bits per heavy atom. The molecule has 0 fully saturated rings. The summed E-state index contributed by atoms with van der Waals surface area (Å²) in [6, 6.07) is 0. The van der Waals surface area contributed by atoms with Gasteiger partial charge in [-0.25, -0.2) is 4.39 Å². The van der Waals surface area contributed by atoms with Crippen LogP contribution in [0.5, 0.6) is 0 Å². The van der Waals surface area contributed by atoms with E-state index >= 15 is 0 Å². The maximum atomic E-state index is 12.7. The molecule has 0 aromatic heterocycles. The van der Waals surface area contributed by atoms with Crippen LogP contribution >= 0.6 is 0 Å². The number of aliphatic carboxylic acids is 1. The summed E-state index contributed by atoms with van der Waals surface area (Å²) in [4.78, 5) is 13.7. The lowest BCUT2D eigenvalue weighted by Gasteiger charge is -2.06. The molecule has 0 bridgehead atoms. The maximum Gasteiger partial charge on any atom is 0.325 e. The molecule has 0 amide bonds. The Morgan fingerprint density at radius 1 is 1.85 bits per heavy atom. The van der Waals surface area contributed by atoms with Crippen molar-refractivity contribution in [2.75, 3.05) is 6.54 Å². The summed E-state index contributed by atoms with van der Waals surface area (Å²) < 4.78 is 12.7. The van der Waals surface area contributed by atoms with Crippen molar-refractivity contribution in [3.05, 3.63) is 23.8 Å². The van der Waals surface area contributed by atoms with Crippen molar-refractivity contribution < 1.29 is 14.3 Å². The van der Waals surface area contributed by atoms with Crippen LogP contribution in [0.2, 0.25) is 0 Å². The summed E-state index contributed by atoms with van der Waals surface area (Å²) >= 11 is 0. The Hall–Kier alpha value is -1.45. The van der Waals surface area contributed by atoms with E-state index in [1.807, 2.05) is 0 Å². The highest BCUT2D eigenvalue weighted by Crippen LogP contribution is 2.13. The second-order valence-corrected chi connectivity index (χ2v) is 2.71. The molecule has 0 saturated heterocycles. The highest BCUT2D eigenvalue weighted by atomic mass is 19.1. The number of nitrogens with zero attached hydrogens (tertiary/aromatic N) is 1. The quantitative estimate of drug-likeness (QED) is 0.672. The Kier molecular flexibility index (Phi) is 3.37. The number of halogens is 1. The minimum absolute atomic E-state index is 0.266. The predicted molar refractivity (Wildman–Crippen MR) is 47.7 cm³/mol. The molecule has 1 aliphatic carbocycles. The fraction of sp³-hybridized carbons (Fsp3) is 0.333. The number of aliphatic imine (C=N–C) groups is 1. The number of alkyl halides is 1. The van der Waals surface area contributed by atoms with Gasteiger partial charge < -0.3 is 5.11 Å². The average Bonchev–Trinajstić information content (AvgIpc) is 2.03. The van der Waals surface area contributed by atoms with Crippen LogP contribution in [0.25, 0.3) is 0 Å². The number of rotatable bonds is 3. The van der Waals surface area contributed by atoms with E-state index in [9.17, 15) is 9.18 Å². The fourth-order valence-corrected chi connectivity index (χ4v) is 0.998. The van der Waals surface area contributed by atoms with Gasteiger partial charge in [-0.3, -0.25) is 9.79 Å². The first-order chi connectivity index (χ1) is 6.18. The molecule has 1 rings (SSSR count). The molecular formula is C9H10FNO2. The summed E-state index contributed by atoms with van der Waals surface area (Å²) in [7, 11) is 0. The van der Waals surface area contributed by atoms with Crippen LogP contribution in [0.1, 0.15) is 6.42 Å². The zero-order chi connectivity index (χ0) is 9.68. The van der Waals surface area contributed by atoms with E-state index in [-0.39, 0.29) is 13.0 Å². The van der Waals surface area contributed by atoms with Crippen LogP contribution in [0.15, 0.2) is 28.8 Å². The van der Waals surface area contributed by atoms with Crippen molar-refractivity contribution in [3.63, 3.8) is 0 Å². The van der Waals surface area contributed by atoms with Crippen LogP contribution in [0.4, 0.5) is 4.39 Å².